The van der Waals surface area contributed by atoms with E-state index in [-0.39, 0.29) is 19.7 Å². The van der Waals surface area contributed by atoms with Crippen molar-refractivity contribution in [3.63, 3.8) is 0 Å². The van der Waals surface area contributed by atoms with Gasteiger partial charge in [0.2, 0.25) is 0 Å². The first-order chi connectivity index (χ1) is 9.13. The molecule has 1 atom stereocenters. The van der Waals surface area contributed by atoms with Crippen LogP contribution in [0.15, 0.2) is 18.2 Å². The summed E-state index contributed by atoms with van der Waals surface area (Å²) in [6.45, 7) is 1.56. The highest BCUT2D eigenvalue weighted by Crippen LogP contribution is 2.08. The van der Waals surface area contributed by atoms with Gasteiger partial charge in [0.05, 0.1) is 25.9 Å². The van der Waals surface area contributed by atoms with E-state index in [2.05, 4.69) is 5.32 Å². The summed E-state index contributed by atoms with van der Waals surface area (Å²) in [6.07, 6.45) is -0.680. The Balaban J connectivity index is 2.18. The summed E-state index contributed by atoms with van der Waals surface area (Å²) < 4.78 is 35.9. The quantitative estimate of drug-likeness (QED) is 0.662. The van der Waals surface area contributed by atoms with Crippen molar-refractivity contribution >= 4 is 0 Å². The molecule has 0 aliphatic rings. The van der Waals surface area contributed by atoms with Gasteiger partial charge >= 0.3 is 0 Å². The molecule has 1 rings (SSSR count). The van der Waals surface area contributed by atoms with Gasteiger partial charge in [0.15, 0.2) is 0 Å². The normalized spacial score (nSPS) is 12.6. The molecule has 108 valence electrons. The summed E-state index contributed by atoms with van der Waals surface area (Å²) in [5.41, 5.74) is 0.355. The van der Waals surface area contributed by atoms with E-state index < -0.39 is 17.7 Å². The lowest BCUT2D eigenvalue weighted by Gasteiger charge is -2.12. The van der Waals surface area contributed by atoms with Gasteiger partial charge < -0.3 is 19.9 Å². The number of hydrogen-bond donors (Lipinski definition) is 2. The molecule has 19 heavy (non-hydrogen) atoms. The molecule has 0 heterocycles. The highest BCUT2D eigenvalue weighted by molar-refractivity contribution is 5.18. The Kier molecular flexibility index (Phi) is 7.50. The summed E-state index contributed by atoms with van der Waals surface area (Å²) in [6, 6.07) is 3.41. The molecule has 0 radical (unpaired) electrons. The fourth-order valence-corrected chi connectivity index (χ4v) is 1.46. The Hall–Kier alpha value is -1.08. The third-order valence-electron chi connectivity index (χ3n) is 2.45. The lowest BCUT2D eigenvalue weighted by molar-refractivity contribution is 0.0137. The van der Waals surface area contributed by atoms with Gasteiger partial charge in [-0.1, -0.05) is 6.07 Å². The van der Waals surface area contributed by atoms with Crippen LogP contribution in [0.4, 0.5) is 8.78 Å². The van der Waals surface area contributed by atoms with Gasteiger partial charge in [0.25, 0.3) is 0 Å². The van der Waals surface area contributed by atoms with Crippen LogP contribution in [0.25, 0.3) is 0 Å². The summed E-state index contributed by atoms with van der Waals surface area (Å²) in [4.78, 5) is 0. The van der Waals surface area contributed by atoms with E-state index in [1.807, 2.05) is 0 Å². The number of hydrogen-bond acceptors (Lipinski definition) is 4. The van der Waals surface area contributed by atoms with Crippen LogP contribution in [0.3, 0.4) is 0 Å². The van der Waals surface area contributed by atoms with Gasteiger partial charge in [-0.3, -0.25) is 0 Å². The molecule has 0 saturated carbocycles. The van der Waals surface area contributed by atoms with Crippen LogP contribution in [0.1, 0.15) is 5.56 Å². The number of methoxy groups -OCH3 is 1. The Labute approximate surface area is 111 Å². The van der Waals surface area contributed by atoms with E-state index in [1.165, 1.54) is 12.1 Å². The number of nitrogens with one attached hydrogen (secondary N) is 1. The second-order valence-corrected chi connectivity index (χ2v) is 4.09. The molecule has 0 aromatic heterocycles. The van der Waals surface area contributed by atoms with Crippen molar-refractivity contribution in [3.8, 4) is 0 Å². The van der Waals surface area contributed by atoms with Crippen molar-refractivity contribution in [2.45, 2.75) is 12.6 Å². The van der Waals surface area contributed by atoms with Crippen molar-refractivity contribution in [1.82, 2.24) is 5.32 Å². The monoisotopic (exact) mass is 275 g/mol. The molecule has 0 bridgehead atoms. The molecule has 0 amide bonds. The Bertz CT molecular complexity index is 377. The van der Waals surface area contributed by atoms with E-state index in [0.29, 0.717) is 18.8 Å². The first-order valence-electron chi connectivity index (χ1n) is 6.03. The fraction of sp³-hybridized carbons (Fsp3) is 0.538. The molecule has 0 fully saturated rings. The highest BCUT2D eigenvalue weighted by atomic mass is 19.1. The number of halogens is 2. The second kappa shape index (κ2) is 8.92. The molecule has 6 heteroatoms. The number of benzene rings is 1. The third kappa shape index (κ3) is 6.58. The van der Waals surface area contributed by atoms with Crippen molar-refractivity contribution in [1.29, 1.82) is 0 Å². The Morgan fingerprint density at radius 3 is 2.79 bits per heavy atom. The largest absolute Gasteiger partial charge is 0.389 e. The van der Waals surface area contributed by atoms with E-state index >= 15 is 0 Å². The van der Waals surface area contributed by atoms with E-state index in [9.17, 15) is 13.9 Å². The van der Waals surface area contributed by atoms with Gasteiger partial charge in [0, 0.05) is 31.8 Å². The van der Waals surface area contributed by atoms with Gasteiger partial charge in [-0.2, -0.15) is 0 Å². The minimum Gasteiger partial charge on any atom is -0.389 e. The Morgan fingerprint density at radius 1 is 1.32 bits per heavy atom. The molecular formula is C13H19F2NO3. The first kappa shape index (κ1) is 16.0. The van der Waals surface area contributed by atoms with Crippen LogP contribution >= 0.6 is 0 Å². The van der Waals surface area contributed by atoms with E-state index in [0.717, 1.165) is 6.07 Å². The Morgan fingerprint density at radius 2 is 2.11 bits per heavy atom. The van der Waals surface area contributed by atoms with Crippen molar-refractivity contribution in [3.05, 3.63) is 35.4 Å². The lowest BCUT2D eigenvalue weighted by Crippen LogP contribution is -2.30. The summed E-state index contributed by atoms with van der Waals surface area (Å²) >= 11 is 0. The summed E-state index contributed by atoms with van der Waals surface area (Å²) in [7, 11) is 1.57. The van der Waals surface area contributed by atoms with Gasteiger partial charge in [-0.15, -0.1) is 0 Å². The van der Waals surface area contributed by atoms with Crippen LogP contribution in [-0.2, 0) is 16.0 Å². The molecule has 0 aliphatic carbocycles. The molecule has 4 nitrogen and oxygen atoms in total. The van der Waals surface area contributed by atoms with Crippen LogP contribution in [0.2, 0.25) is 0 Å². The number of rotatable bonds is 9. The van der Waals surface area contributed by atoms with Gasteiger partial charge in [-0.25, -0.2) is 8.78 Å². The maximum atomic E-state index is 13.3. The zero-order valence-corrected chi connectivity index (χ0v) is 10.9. The average Bonchev–Trinajstić information content (AvgIpc) is 2.37. The zero-order valence-electron chi connectivity index (χ0n) is 10.9. The molecule has 0 spiro atoms. The average molecular weight is 275 g/mol. The molecule has 1 unspecified atom stereocenters. The zero-order chi connectivity index (χ0) is 14.1. The molecule has 1 aromatic rings. The van der Waals surface area contributed by atoms with Crippen molar-refractivity contribution < 1.29 is 23.4 Å². The van der Waals surface area contributed by atoms with Crippen LogP contribution in [0, 0.1) is 11.6 Å². The highest BCUT2D eigenvalue weighted by Gasteiger charge is 2.06. The summed E-state index contributed by atoms with van der Waals surface area (Å²) in [5, 5.41) is 12.4. The number of ether oxygens (including phenoxy) is 2. The van der Waals surface area contributed by atoms with Crippen LogP contribution < -0.4 is 5.32 Å². The third-order valence-corrected chi connectivity index (χ3v) is 2.45. The maximum Gasteiger partial charge on any atom is 0.130 e. The van der Waals surface area contributed by atoms with Crippen molar-refractivity contribution in [2.24, 2.45) is 0 Å². The van der Waals surface area contributed by atoms with Gasteiger partial charge in [-0.05, 0) is 6.07 Å². The topological polar surface area (TPSA) is 50.7 Å². The van der Waals surface area contributed by atoms with Gasteiger partial charge in [0.1, 0.15) is 11.6 Å². The molecule has 0 saturated heterocycles. The minimum absolute atomic E-state index is 0.183. The number of aliphatic hydroxyl groups is 1. The first-order valence-corrected chi connectivity index (χ1v) is 6.03. The lowest BCUT2D eigenvalue weighted by atomic mass is 10.2. The number of aliphatic hydroxyl groups excluding tert-OH is 1. The van der Waals surface area contributed by atoms with Crippen molar-refractivity contribution in [2.75, 3.05) is 33.5 Å². The smallest absolute Gasteiger partial charge is 0.130 e. The fourth-order valence-electron chi connectivity index (χ4n) is 1.46. The standard InChI is InChI=1S/C13H19F2NO3/c1-18-4-5-19-9-12(17)8-16-7-10-2-3-11(14)6-13(10)15/h2-3,6,12,16-17H,4-5,7-9H2,1H3. The SMILES string of the molecule is COCCOCC(O)CNCc1ccc(F)cc1F. The van der Waals surface area contributed by atoms with E-state index in [4.69, 9.17) is 9.47 Å². The molecule has 2 N–H and O–H groups in total. The molecule has 0 aliphatic heterocycles. The minimum atomic E-state index is -0.680. The maximum absolute atomic E-state index is 13.3. The predicted molar refractivity (Wildman–Crippen MR) is 66.8 cm³/mol. The molecular weight excluding hydrogens is 256 g/mol. The van der Waals surface area contributed by atoms with Crippen LogP contribution in [0.5, 0.6) is 0 Å². The second-order valence-electron chi connectivity index (χ2n) is 4.09. The van der Waals surface area contributed by atoms with E-state index in [1.54, 1.807) is 7.11 Å². The summed E-state index contributed by atoms with van der Waals surface area (Å²) in [5.74, 6) is -1.20. The van der Waals surface area contributed by atoms with Crippen LogP contribution in [-0.4, -0.2) is 44.7 Å². The predicted octanol–water partition coefficient (Wildman–Crippen LogP) is 1.08. The molecule has 1 aromatic carbocycles.